The van der Waals surface area contributed by atoms with Crippen LogP contribution in [0.25, 0.3) is 0 Å². The zero-order chi connectivity index (χ0) is 13.5. The summed E-state index contributed by atoms with van der Waals surface area (Å²) in [5.74, 6) is 3.50. The van der Waals surface area contributed by atoms with Crippen molar-refractivity contribution in [2.24, 2.45) is 5.92 Å². The molecule has 2 rings (SSSR count). The second kappa shape index (κ2) is 8.81. The van der Waals surface area contributed by atoms with E-state index in [0.717, 1.165) is 29.6 Å². The summed E-state index contributed by atoms with van der Waals surface area (Å²) >= 11 is 4.43. The predicted molar refractivity (Wildman–Crippen MR) is 88.4 cm³/mol. The van der Waals surface area contributed by atoms with Gasteiger partial charge >= 0.3 is 0 Å². The number of hydrogen-bond donors (Lipinski definition) is 1. The third-order valence-corrected chi connectivity index (χ3v) is 7.62. The molecule has 3 atom stereocenters. The maximum Gasteiger partial charge on any atom is 0.0469 e. The highest BCUT2D eigenvalue weighted by atomic mass is 32.2. The highest BCUT2D eigenvalue weighted by molar-refractivity contribution is 8.07. The minimum Gasteiger partial charge on any atom is -0.381 e. The van der Waals surface area contributed by atoms with Crippen molar-refractivity contribution in [2.75, 3.05) is 31.3 Å². The van der Waals surface area contributed by atoms with Crippen LogP contribution in [0.1, 0.15) is 39.5 Å². The summed E-state index contributed by atoms with van der Waals surface area (Å²) < 4.78 is 5.56. The van der Waals surface area contributed by atoms with Gasteiger partial charge in [-0.3, -0.25) is 0 Å². The van der Waals surface area contributed by atoms with E-state index in [2.05, 4.69) is 42.7 Å². The summed E-state index contributed by atoms with van der Waals surface area (Å²) in [6.07, 6.45) is 5.05. The van der Waals surface area contributed by atoms with Gasteiger partial charge in [0.2, 0.25) is 0 Å². The van der Waals surface area contributed by atoms with Gasteiger partial charge in [0.05, 0.1) is 0 Å². The molecular weight excluding hydrogens is 274 g/mol. The Morgan fingerprint density at radius 2 is 1.89 bits per heavy atom. The summed E-state index contributed by atoms with van der Waals surface area (Å²) in [7, 11) is 0. The van der Waals surface area contributed by atoms with Crippen molar-refractivity contribution >= 4 is 23.5 Å². The quantitative estimate of drug-likeness (QED) is 0.811. The van der Waals surface area contributed by atoms with Gasteiger partial charge in [-0.15, -0.1) is 0 Å². The predicted octanol–water partition coefficient (Wildman–Crippen LogP) is 3.41. The highest BCUT2D eigenvalue weighted by Crippen LogP contribution is 2.38. The molecule has 0 spiro atoms. The molecule has 1 N–H and O–H groups in total. The normalized spacial score (nSPS) is 31.3. The van der Waals surface area contributed by atoms with Gasteiger partial charge in [0.1, 0.15) is 0 Å². The Labute approximate surface area is 127 Å². The third-order valence-electron chi connectivity index (χ3n) is 4.25. The highest BCUT2D eigenvalue weighted by Gasteiger charge is 2.36. The van der Waals surface area contributed by atoms with E-state index in [1.165, 1.54) is 43.7 Å². The first-order valence-electron chi connectivity index (χ1n) is 7.91. The van der Waals surface area contributed by atoms with Crippen molar-refractivity contribution in [3.63, 3.8) is 0 Å². The van der Waals surface area contributed by atoms with Gasteiger partial charge in [-0.25, -0.2) is 0 Å². The van der Waals surface area contributed by atoms with E-state index in [4.69, 9.17) is 4.74 Å². The molecule has 0 aromatic rings. The minimum absolute atomic E-state index is 0.701. The molecule has 2 aliphatic heterocycles. The van der Waals surface area contributed by atoms with Crippen LogP contribution in [-0.4, -0.2) is 47.8 Å². The van der Waals surface area contributed by atoms with Crippen LogP contribution in [0.4, 0.5) is 0 Å². The lowest BCUT2D eigenvalue weighted by Crippen LogP contribution is -2.51. The van der Waals surface area contributed by atoms with Crippen molar-refractivity contribution in [3.05, 3.63) is 0 Å². The van der Waals surface area contributed by atoms with Gasteiger partial charge in [-0.2, -0.15) is 23.5 Å². The van der Waals surface area contributed by atoms with Gasteiger partial charge < -0.3 is 10.1 Å². The maximum absolute atomic E-state index is 5.56. The SMILES string of the molecule is CCCNC(C1CCOCC1)C1SCCSC1CC. The van der Waals surface area contributed by atoms with Crippen LogP contribution in [0.2, 0.25) is 0 Å². The van der Waals surface area contributed by atoms with Crippen molar-refractivity contribution in [1.82, 2.24) is 5.32 Å². The van der Waals surface area contributed by atoms with Crippen molar-refractivity contribution in [1.29, 1.82) is 0 Å². The average Bonchev–Trinajstić information content (AvgIpc) is 2.49. The first-order chi connectivity index (χ1) is 9.36. The van der Waals surface area contributed by atoms with E-state index in [1.54, 1.807) is 0 Å². The average molecular weight is 304 g/mol. The molecular formula is C15H29NOS2. The number of nitrogens with one attached hydrogen (secondary N) is 1. The Bertz CT molecular complexity index is 246. The van der Waals surface area contributed by atoms with Gasteiger partial charge in [0.15, 0.2) is 0 Å². The van der Waals surface area contributed by atoms with Crippen LogP contribution in [-0.2, 0) is 4.74 Å². The zero-order valence-corrected chi connectivity index (χ0v) is 14.0. The number of hydrogen-bond acceptors (Lipinski definition) is 4. The second-order valence-corrected chi connectivity index (χ2v) is 8.22. The molecule has 4 heteroatoms. The van der Waals surface area contributed by atoms with Crippen LogP contribution in [0, 0.1) is 5.92 Å². The molecule has 0 radical (unpaired) electrons. The van der Waals surface area contributed by atoms with E-state index < -0.39 is 0 Å². The molecule has 3 unspecified atom stereocenters. The van der Waals surface area contributed by atoms with Crippen molar-refractivity contribution in [2.45, 2.75) is 56.1 Å². The molecule has 112 valence electrons. The van der Waals surface area contributed by atoms with Crippen LogP contribution in [0.5, 0.6) is 0 Å². The van der Waals surface area contributed by atoms with E-state index in [-0.39, 0.29) is 0 Å². The number of thioether (sulfide) groups is 2. The van der Waals surface area contributed by atoms with Crippen LogP contribution in [0.15, 0.2) is 0 Å². The topological polar surface area (TPSA) is 21.3 Å². The van der Waals surface area contributed by atoms with Gasteiger partial charge in [0.25, 0.3) is 0 Å². The summed E-state index contributed by atoms with van der Waals surface area (Å²) in [5, 5.41) is 5.53. The van der Waals surface area contributed by atoms with Crippen LogP contribution >= 0.6 is 23.5 Å². The molecule has 0 aliphatic carbocycles. The molecule has 0 amide bonds. The molecule has 0 saturated carbocycles. The fourth-order valence-corrected chi connectivity index (χ4v) is 6.55. The first-order valence-corrected chi connectivity index (χ1v) is 10.0. The maximum atomic E-state index is 5.56. The number of rotatable bonds is 6. The third kappa shape index (κ3) is 4.55. The minimum atomic E-state index is 0.701. The molecule has 2 aliphatic rings. The van der Waals surface area contributed by atoms with Crippen LogP contribution < -0.4 is 5.32 Å². The lowest BCUT2D eigenvalue weighted by atomic mass is 9.88. The molecule has 2 fully saturated rings. The van der Waals surface area contributed by atoms with E-state index in [1.807, 2.05) is 0 Å². The van der Waals surface area contributed by atoms with Gasteiger partial charge in [-0.05, 0) is 38.1 Å². The molecule has 2 saturated heterocycles. The molecule has 2 heterocycles. The fraction of sp³-hybridized carbons (Fsp3) is 1.00. The Hall–Kier alpha value is 0.620. The van der Waals surface area contributed by atoms with E-state index in [9.17, 15) is 0 Å². The Morgan fingerprint density at radius 1 is 1.16 bits per heavy atom. The molecule has 19 heavy (non-hydrogen) atoms. The second-order valence-electron chi connectivity index (χ2n) is 5.58. The first kappa shape index (κ1) is 16.0. The van der Waals surface area contributed by atoms with Gasteiger partial charge in [0, 0.05) is 41.3 Å². The monoisotopic (exact) mass is 303 g/mol. The lowest BCUT2D eigenvalue weighted by molar-refractivity contribution is 0.0533. The summed E-state index contributed by atoms with van der Waals surface area (Å²) in [4.78, 5) is 0. The lowest BCUT2D eigenvalue weighted by Gasteiger charge is -2.41. The molecule has 0 aromatic heterocycles. The largest absolute Gasteiger partial charge is 0.381 e. The Kier molecular flexibility index (Phi) is 7.42. The van der Waals surface area contributed by atoms with Crippen molar-refractivity contribution in [3.8, 4) is 0 Å². The summed E-state index contributed by atoms with van der Waals surface area (Å²) in [5.41, 5.74) is 0. The standard InChI is InChI=1S/C15H29NOS2/c1-3-7-16-14(12-5-8-17-9-6-12)15-13(4-2)18-10-11-19-15/h12-16H,3-11H2,1-2H3. The number of ether oxygens (including phenoxy) is 1. The Balaban J connectivity index is 2.01. The van der Waals surface area contributed by atoms with E-state index in [0.29, 0.717) is 6.04 Å². The van der Waals surface area contributed by atoms with Crippen molar-refractivity contribution < 1.29 is 4.74 Å². The van der Waals surface area contributed by atoms with Gasteiger partial charge in [-0.1, -0.05) is 13.8 Å². The molecule has 0 bridgehead atoms. The zero-order valence-electron chi connectivity index (χ0n) is 12.4. The molecule has 0 aromatic carbocycles. The summed E-state index contributed by atoms with van der Waals surface area (Å²) in [6, 6.07) is 0.701. The smallest absolute Gasteiger partial charge is 0.0469 e. The fourth-order valence-electron chi connectivity index (χ4n) is 3.21. The van der Waals surface area contributed by atoms with E-state index >= 15 is 0 Å². The van der Waals surface area contributed by atoms with Crippen LogP contribution in [0.3, 0.4) is 0 Å². The Morgan fingerprint density at radius 3 is 2.58 bits per heavy atom. The molecule has 2 nitrogen and oxygen atoms in total. The summed E-state index contributed by atoms with van der Waals surface area (Å²) in [6.45, 7) is 7.73.